The topological polar surface area (TPSA) is 26.3 Å². The Hall–Kier alpha value is -1.83. The Morgan fingerprint density at radius 2 is 1.93 bits per heavy atom. The van der Waals surface area contributed by atoms with Gasteiger partial charge in [0.2, 0.25) is 0 Å². The van der Waals surface area contributed by atoms with Crippen molar-refractivity contribution >= 4 is 16.6 Å². The number of benzene rings is 2. The van der Waals surface area contributed by atoms with Crippen LogP contribution in [0.15, 0.2) is 36.4 Å². The quantitative estimate of drug-likeness (QED) is 0.696. The molecule has 0 spiro atoms. The van der Waals surface area contributed by atoms with Gasteiger partial charge < -0.3 is 4.74 Å². The van der Waals surface area contributed by atoms with E-state index in [0.717, 1.165) is 16.5 Å². The average molecular weight is 200 g/mol. The maximum atomic E-state index is 11.3. The standard InChI is InChI=1S/C13H12O2/c1-9(14)11-7-10-5-3-4-6-12(10)13(8-11)15-2/h3-8H,1-2H3. The molecule has 0 heterocycles. The molecule has 15 heavy (non-hydrogen) atoms. The van der Waals surface area contributed by atoms with Gasteiger partial charge in [-0.25, -0.2) is 0 Å². The van der Waals surface area contributed by atoms with Gasteiger partial charge in [-0.05, 0) is 24.4 Å². The molecule has 0 bridgehead atoms. The summed E-state index contributed by atoms with van der Waals surface area (Å²) in [6, 6.07) is 11.5. The van der Waals surface area contributed by atoms with Gasteiger partial charge in [-0.15, -0.1) is 0 Å². The van der Waals surface area contributed by atoms with Crippen molar-refractivity contribution in [2.45, 2.75) is 6.92 Å². The van der Waals surface area contributed by atoms with Gasteiger partial charge in [-0.2, -0.15) is 0 Å². The molecule has 0 saturated heterocycles. The molecule has 0 N–H and O–H groups in total. The largest absolute Gasteiger partial charge is 0.496 e. The average Bonchev–Trinajstić information content (AvgIpc) is 2.27. The number of carbonyl (C=O) groups excluding carboxylic acids is 1. The van der Waals surface area contributed by atoms with Crippen molar-refractivity contribution in [3.05, 3.63) is 42.0 Å². The first-order valence-corrected chi connectivity index (χ1v) is 4.80. The Balaban J connectivity index is 2.77. The van der Waals surface area contributed by atoms with Gasteiger partial charge in [0.1, 0.15) is 5.75 Å². The van der Waals surface area contributed by atoms with Gasteiger partial charge in [0.05, 0.1) is 7.11 Å². The van der Waals surface area contributed by atoms with Crippen LogP contribution in [0.25, 0.3) is 10.8 Å². The summed E-state index contributed by atoms with van der Waals surface area (Å²) in [4.78, 5) is 11.3. The second-order valence-corrected chi connectivity index (χ2v) is 3.46. The van der Waals surface area contributed by atoms with Gasteiger partial charge in [0.25, 0.3) is 0 Å². The van der Waals surface area contributed by atoms with E-state index >= 15 is 0 Å². The second kappa shape index (κ2) is 3.73. The Morgan fingerprint density at radius 3 is 2.60 bits per heavy atom. The summed E-state index contributed by atoms with van der Waals surface area (Å²) < 4.78 is 5.27. The summed E-state index contributed by atoms with van der Waals surface area (Å²) in [5.41, 5.74) is 0.686. The first-order chi connectivity index (χ1) is 7.22. The Bertz CT molecular complexity index is 515. The molecule has 0 fully saturated rings. The molecular weight excluding hydrogens is 188 g/mol. The molecule has 0 atom stereocenters. The van der Waals surface area contributed by atoms with Crippen molar-refractivity contribution in [2.75, 3.05) is 7.11 Å². The molecule has 2 nitrogen and oxygen atoms in total. The molecule has 76 valence electrons. The summed E-state index contributed by atoms with van der Waals surface area (Å²) in [5.74, 6) is 0.803. The fourth-order valence-electron chi connectivity index (χ4n) is 1.65. The maximum absolute atomic E-state index is 11.3. The lowest BCUT2D eigenvalue weighted by atomic mass is 10.0. The second-order valence-electron chi connectivity index (χ2n) is 3.46. The third kappa shape index (κ3) is 1.71. The van der Waals surface area contributed by atoms with Crippen LogP contribution in [0, 0.1) is 0 Å². The number of hydrogen-bond acceptors (Lipinski definition) is 2. The van der Waals surface area contributed by atoms with Crippen LogP contribution in [0.1, 0.15) is 17.3 Å². The van der Waals surface area contributed by atoms with Crippen molar-refractivity contribution in [3.63, 3.8) is 0 Å². The van der Waals surface area contributed by atoms with E-state index in [1.807, 2.05) is 30.3 Å². The van der Waals surface area contributed by atoms with E-state index in [1.54, 1.807) is 20.1 Å². The molecule has 0 radical (unpaired) electrons. The number of methoxy groups -OCH3 is 1. The van der Waals surface area contributed by atoms with Crippen LogP contribution in [0.2, 0.25) is 0 Å². The zero-order valence-corrected chi connectivity index (χ0v) is 8.78. The lowest BCUT2D eigenvalue weighted by molar-refractivity contribution is 0.101. The predicted molar refractivity (Wildman–Crippen MR) is 60.5 cm³/mol. The van der Waals surface area contributed by atoms with E-state index in [0.29, 0.717) is 5.56 Å². The van der Waals surface area contributed by atoms with Gasteiger partial charge in [0.15, 0.2) is 5.78 Å². The molecule has 0 aliphatic rings. The minimum atomic E-state index is 0.0547. The minimum absolute atomic E-state index is 0.0547. The van der Waals surface area contributed by atoms with Crippen molar-refractivity contribution in [1.82, 2.24) is 0 Å². The van der Waals surface area contributed by atoms with E-state index in [-0.39, 0.29) is 5.78 Å². The molecule has 0 saturated carbocycles. The van der Waals surface area contributed by atoms with Crippen molar-refractivity contribution in [3.8, 4) is 5.75 Å². The summed E-state index contributed by atoms with van der Waals surface area (Å²) in [6.07, 6.45) is 0. The molecular formula is C13H12O2. The number of Topliss-reactive ketones (excluding diaryl/α,β-unsaturated/α-hetero) is 1. The molecule has 2 aromatic rings. The number of carbonyl (C=O) groups is 1. The van der Waals surface area contributed by atoms with Crippen molar-refractivity contribution in [1.29, 1.82) is 0 Å². The van der Waals surface area contributed by atoms with Crippen LogP contribution in [0.5, 0.6) is 5.75 Å². The number of ketones is 1. The monoisotopic (exact) mass is 200 g/mol. The predicted octanol–water partition coefficient (Wildman–Crippen LogP) is 3.05. The van der Waals surface area contributed by atoms with Crippen LogP contribution >= 0.6 is 0 Å². The summed E-state index contributed by atoms with van der Waals surface area (Å²) in [7, 11) is 1.62. The van der Waals surface area contributed by atoms with Gasteiger partial charge in [-0.3, -0.25) is 4.79 Å². The molecule has 2 aromatic carbocycles. The number of ether oxygens (including phenoxy) is 1. The first-order valence-electron chi connectivity index (χ1n) is 4.80. The molecule has 0 aromatic heterocycles. The van der Waals surface area contributed by atoms with Crippen LogP contribution in [-0.2, 0) is 0 Å². The SMILES string of the molecule is COc1cc(C(C)=O)cc2ccccc12. The highest BCUT2D eigenvalue weighted by Crippen LogP contribution is 2.27. The molecule has 2 heteroatoms. The van der Waals surface area contributed by atoms with E-state index < -0.39 is 0 Å². The van der Waals surface area contributed by atoms with Gasteiger partial charge in [-0.1, -0.05) is 24.3 Å². The van der Waals surface area contributed by atoms with E-state index in [4.69, 9.17) is 4.74 Å². The molecule has 2 rings (SSSR count). The Kier molecular flexibility index (Phi) is 2.42. The van der Waals surface area contributed by atoms with E-state index in [2.05, 4.69) is 0 Å². The molecule has 0 unspecified atom stereocenters. The zero-order valence-electron chi connectivity index (χ0n) is 8.78. The maximum Gasteiger partial charge on any atom is 0.159 e. The smallest absolute Gasteiger partial charge is 0.159 e. The van der Waals surface area contributed by atoms with Crippen LogP contribution in [-0.4, -0.2) is 12.9 Å². The normalized spacial score (nSPS) is 10.3. The molecule has 0 aliphatic carbocycles. The van der Waals surface area contributed by atoms with Crippen molar-refractivity contribution < 1.29 is 9.53 Å². The highest BCUT2D eigenvalue weighted by atomic mass is 16.5. The number of hydrogen-bond donors (Lipinski definition) is 0. The van der Waals surface area contributed by atoms with E-state index in [1.165, 1.54) is 0 Å². The van der Waals surface area contributed by atoms with Gasteiger partial charge >= 0.3 is 0 Å². The van der Waals surface area contributed by atoms with Crippen LogP contribution in [0.3, 0.4) is 0 Å². The van der Waals surface area contributed by atoms with Gasteiger partial charge in [0, 0.05) is 10.9 Å². The van der Waals surface area contributed by atoms with Crippen LogP contribution in [0.4, 0.5) is 0 Å². The highest BCUT2D eigenvalue weighted by Gasteiger charge is 2.06. The van der Waals surface area contributed by atoms with Crippen molar-refractivity contribution in [2.24, 2.45) is 0 Å². The molecule has 0 aliphatic heterocycles. The minimum Gasteiger partial charge on any atom is -0.496 e. The zero-order chi connectivity index (χ0) is 10.8. The fourth-order valence-corrected chi connectivity index (χ4v) is 1.65. The third-order valence-corrected chi connectivity index (χ3v) is 2.45. The summed E-state index contributed by atoms with van der Waals surface area (Å²) in [6.45, 7) is 1.56. The van der Waals surface area contributed by atoms with Crippen LogP contribution < -0.4 is 4.74 Å². The lowest BCUT2D eigenvalue weighted by Gasteiger charge is -2.07. The summed E-state index contributed by atoms with van der Waals surface area (Å²) >= 11 is 0. The number of fused-ring (bicyclic) bond motifs is 1. The first kappa shape index (κ1) is 9.71. The molecule has 0 amide bonds. The summed E-state index contributed by atoms with van der Waals surface area (Å²) in [5, 5.41) is 2.06. The van der Waals surface area contributed by atoms with E-state index in [9.17, 15) is 4.79 Å². The Labute approximate surface area is 88.5 Å². The lowest BCUT2D eigenvalue weighted by Crippen LogP contribution is -1.94. The fraction of sp³-hybridized carbons (Fsp3) is 0.154. The number of rotatable bonds is 2. The highest BCUT2D eigenvalue weighted by molar-refractivity contribution is 6.00. The Morgan fingerprint density at radius 1 is 1.20 bits per heavy atom. The third-order valence-electron chi connectivity index (χ3n) is 2.45.